The van der Waals surface area contributed by atoms with Gasteiger partial charge in [-0.3, -0.25) is 0 Å². The third-order valence-corrected chi connectivity index (χ3v) is 11.6. The summed E-state index contributed by atoms with van der Waals surface area (Å²) in [5.41, 5.74) is 12.1. The Kier molecular flexibility index (Phi) is 8.46. The Morgan fingerprint density at radius 3 is 1.54 bits per heavy atom. The number of hydrogen-bond donors (Lipinski definition) is 0. The summed E-state index contributed by atoms with van der Waals surface area (Å²) in [6, 6.07) is 75.9. The van der Waals surface area contributed by atoms with Gasteiger partial charge in [-0.25, -0.2) is 0 Å². The van der Waals surface area contributed by atoms with Crippen molar-refractivity contribution >= 4 is 60.2 Å². The van der Waals surface area contributed by atoms with Gasteiger partial charge in [-0.1, -0.05) is 191 Å². The molecule has 1 nitrogen and oxygen atoms in total. The summed E-state index contributed by atoms with van der Waals surface area (Å²) >= 11 is 0. The first-order chi connectivity index (χ1) is 27.9. The summed E-state index contributed by atoms with van der Waals surface area (Å²) in [4.78, 5) is 2.44. The van der Waals surface area contributed by atoms with Gasteiger partial charge in [-0.15, -0.1) is 0 Å². The smallest absolute Gasteiger partial charge is 0.0540 e. The molecule has 0 atom stereocenters. The van der Waals surface area contributed by atoms with Gasteiger partial charge in [0.05, 0.1) is 5.69 Å². The molecule has 0 aliphatic carbocycles. The topological polar surface area (TPSA) is 3.24 Å². The van der Waals surface area contributed by atoms with Crippen LogP contribution in [0.1, 0.15) is 26.3 Å². The summed E-state index contributed by atoms with van der Waals surface area (Å²) in [7, 11) is 0. The third kappa shape index (κ3) is 6.04. The van der Waals surface area contributed by atoms with Crippen LogP contribution in [0.25, 0.3) is 76.5 Å². The van der Waals surface area contributed by atoms with Crippen LogP contribution in [0.4, 0.5) is 17.1 Å². The largest absolute Gasteiger partial charge is 0.310 e. The molecule has 57 heavy (non-hydrogen) atoms. The lowest BCUT2D eigenvalue weighted by Crippen LogP contribution is -2.13. The molecule has 0 N–H and O–H groups in total. The van der Waals surface area contributed by atoms with Crippen molar-refractivity contribution in [2.75, 3.05) is 4.90 Å². The van der Waals surface area contributed by atoms with Gasteiger partial charge in [0.25, 0.3) is 0 Å². The summed E-state index contributed by atoms with van der Waals surface area (Å²) in [5.74, 6) is 0. The maximum absolute atomic E-state index is 2.44. The first-order valence-corrected chi connectivity index (χ1v) is 19.9. The van der Waals surface area contributed by atoms with E-state index in [1.807, 2.05) is 0 Å². The Labute approximate surface area is 335 Å². The van der Waals surface area contributed by atoms with Gasteiger partial charge >= 0.3 is 0 Å². The summed E-state index contributed by atoms with van der Waals surface area (Å²) < 4.78 is 0. The van der Waals surface area contributed by atoms with E-state index >= 15 is 0 Å². The van der Waals surface area contributed by atoms with E-state index in [9.17, 15) is 0 Å². The average Bonchev–Trinajstić information content (AvgIpc) is 3.27. The fourth-order valence-electron chi connectivity index (χ4n) is 8.82. The van der Waals surface area contributed by atoms with Crippen molar-refractivity contribution < 1.29 is 0 Å². The molecular formula is C56H43N. The highest BCUT2D eigenvalue weighted by molar-refractivity contribution is 6.33. The first kappa shape index (κ1) is 34.5. The van der Waals surface area contributed by atoms with Crippen molar-refractivity contribution in [2.24, 2.45) is 0 Å². The van der Waals surface area contributed by atoms with Gasteiger partial charge in [-0.2, -0.15) is 0 Å². The van der Waals surface area contributed by atoms with E-state index in [4.69, 9.17) is 0 Å². The Bertz CT molecular complexity index is 3060. The van der Waals surface area contributed by atoms with Crippen LogP contribution in [0, 0.1) is 0 Å². The lowest BCUT2D eigenvalue weighted by molar-refractivity contribution is 0.590. The van der Waals surface area contributed by atoms with E-state index in [-0.39, 0.29) is 5.41 Å². The van der Waals surface area contributed by atoms with Gasteiger partial charge in [0, 0.05) is 16.8 Å². The normalized spacial score (nSPS) is 11.8. The summed E-state index contributed by atoms with van der Waals surface area (Å²) in [6.45, 7) is 6.83. The van der Waals surface area contributed by atoms with E-state index < -0.39 is 0 Å². The molecule has 0 fully saturated rings. The molecular weight excluding hydrogens is 687 g/mol. The highest BCUT2D eigenvalue weighted by Gasteiger charge is 2.23. The monoisotopic (exact) mass is 729 g/mol. The van der Waals surface area contributed by atoms with Crippen molar-refractivity contribution in [3.05, 3.63) is 212 Å². The predicted molar refractivity (Wildman–Crippen MR) is 246 cm³/mol. The molecule has 10 rings (SSSR count). The molecule has 0 saturated heterocycles. The molecule has 0 saturated carbocycles. The highest BCUT2D eigenvalue weighted by atomic mass is 15.1. The number of benzene rings is 10. The minimum Gasteiger partial charge on any atom is -0.310 e. The SMILES string of the molecule is CC(C)(C)c1ccc(N(c2ccc3c(c2)c2ccccc2c2c(-c4ccccc4)c(-c4ccccc4)cc(-c4ccccc4)c32)c2cccc3ccccc23)cc1. The van der Waals surface area contributed by atoms with Crippen molar-refractivity contribution in [1.82, 2.24) is 0 Å². The minimum absolute atomic E-state index is 0.0567. The second-order valence-electron chi connectivity index (χ2n) is 16.1. The molecule has 1 heteroatoms. The van der Waals surface area contributed by atoms with Crippen molar-refractivity contribution in [3.63, 3.8) is 0 Å². The molecule has 0 bridgehead atoms. The molecule has 0 amide bonds. The van der Waals surface area contributed by atoms with Crippen LogP contribution in [0.3, 0.4) is 0 Å². The lowest BCUT2D eigenvalue weighted by atomic mass is 9.81. The van der Waals surface area contributed by atoms with Crippen LogP contribution < -0.4 is 4.90 Å². The third-order valence-electron chi connectivity index (χ3n) is 11.6. The number of rotatable bonds is 6. The van der Waals surface area contributed by atoms with Gasteiger partial charge in [0.1, 0.15) is 0 Å². The van der Waals surface area contributed by atoms with Crippen molar-refractivity contribution in [2.45, 2.75) is 26.2 Å². The zero-order valence-corrected chi connectivity index (χ0v) is 32.6. The summed E-state index contributed by atoms with van der Waals surface area (Å²) in [5, 5.41) is 9.95. The maximum Gasteiger partial charge on any atom is 0.0540 e. The Hall–Kier alpha value is -6.96. The van der Waals surface area contributed by atoms with Gasteiger partial charge in [0.15, 0.2) is 0 Å². The predicted octanol–water partition coefficient (Wildman–Crippen LogP) is 16.1. The van der Waals surface area contributed by atoms with Crippen LogP contribution in [-0.2, 0) is 5.41 Å². The van der Waals surface area contributed by atoms with Gasteiger partial charge < -0.3 is 4.90 Å². The van der Waals surface area contributed by atoms with E-state index in [0.29, 0.717) is 0 Å². The Balaban J connectivity index is 1.33. The highest BCUT2D eigenvalue weighted by Crippen LogP contribution is 2.50. The fourth-order valence-corrected chi connectivity index (χ4v) is 8.82. The van der Waals surface area contributed by atoms with Crippen LogP contribution in [0.5, 0.6) is 0 Å². The number of fused-ring (bicyclic) bond motifs is 7. The maximum atomic E-state index is 2.44. The molecule has 0 radical (unpaired) electrons. The van der Waals surface area contributed by atoms with Crippen molar-refractivity contribution in [3.8, 4) is 33.4 Å². The number of hydrogen-bond acceptors (Lipinski definition) is 1. The molecule has 0 spiro atoms. The fraction of sp³-hybridized carbons (Fsp3) is 0.0714. The number of nitrogens with zero attached hydrogens (tertiary/aromatic N) is 1. The standard InChI is InChI=1S/C56H43N/c1-56(2,3)42-30-32-43(33-31-42)57(52-29-17-25-38-22-13-14-26-45(38)52)44-34-35-48-51(36-44)46-27-15-16-28-47(46)55-53(41-23-11-6-12-24-41)49(39-18-7-4-8-19-39)37-50(54(48)55)40-20-9-5-10-21-40/h4-37H,1-3H3. The van der Waals surface area contributed by atoms with Crippen LogP contribution >= 0.6 is 0 Å². The second-order valence-corrected chi connectivity index (χ2v) is 16.1. The van der Waals surface area contributed by atoms with E-state index in [1.165, 1.54) is 82.0 Å². The molecule has 272 valence electrons. The van der Waals surface area contributed by atoms with Crippen molar-refractivity contribution in [1.29, 1.82) is 0 Å². The zero-order valence-electron chi connectivity index (χ0n) is 32.6. The molecule has 0 heterocycles. The van der Waals surface area contributed by atoms with Crippen LogP contribution in [-0.4, -0.2) is 0 Å². The minimum atomic E-state index is 0.0567. The average molecular weight is 730 g/mol. The quantitative estimate of drug-likeness (QED) is 0.154. The van der Waals surface area contributed by atoms with E-state index in [1.54, 1.807) is 0 Å². The number of anilines is 3. The molecule has 0 aliphatic heterocycles. The Morgan fingerprint density at radius 2 is 0.877 bits per heavy atom. The van der Waals surface area contributed by atoms with Gasteiger partial charge in [-0.05, 0) is 118 Å². The molecule has 10 aromatic rings. The van der Waals surface area contributed by atoms with Gasteiger partial charge in [0.2, 0.25) is 0 Å². The van der Waals surface area contributed by atoms with E-state index in [2.05, 4.69) is 232 Å². The molecule has 0 unspecified atom stereocenters. The summed E-state index contributed by atoms with van der Waals surface area (Å²) in [6.07, 6.45) is 0. The van der Waals surface area contributed by atoms with Crippen LogP contribution in [0.2, 0.25) is 0 Å². The van der Waals surface area contributed by atoms with E-state index in [0.717, 1.165) is 17.1 Å². The zero-order chi connectivity index (χ0) is 38.5. The molecule has 0 aliphatic rings. The molecule has 10 aromatic carbocycles. The second kappa shape index (κ2) is 14.0. The first-order valence-electron chi connectivity index (χ1n) is 19.9. The van der Waals surface area contributed by atoms with Crippen LogP contribution in [0.15, 0.2) is 206 Å². The Morgan fingerprint density at radius 1 is 0.351 bits per heavy atom. The molecule has 0 aromatic heterocycles. The lowest BCUT2D eigenvalue weighted by Gasteiger charge is -2.29.